The number of aromatic nitrogens is 1. The zero-order chi connectivity index (χ0) is 92.7. The molecule has 0 saturated carbocycles. The van der Waals surface area contributed by atoms with Crippen molar-refractivity contribution in [2.24, 2.45) is 65.1 Å². The molecule has 9 aromatic carbocycles. The van der Waals surface area contributed by atoms with Crippen LogP contribution >= 0.6 is 36.7 Å². The molecular formula is C112H155F2N3O4S3. The molecule has 3 heterocycles. The Morgan fingerprint density at radius 3 is 1.15 bits per heavy atom. The van der Waals surface area contributed by atoms with E-state index in [9.17, 15) is 23.2 Å². The summed E-state index contributed by atoms with van der Waals surface area (Å²) in [5, 5.41) is 0. The molecule has 0 radical (unpaired) electrons. The largest absolute Gasteiger partial charge is 0.440 e. The lowest BCUT2D eigenvalue weighted by atomic mass is 9.98. The van der Waals surface area contributed by atoms with Crippen LogP contribution in [0.2, 0.25) is 0 Å². The number of ketones is 2. The highest BCUT2D eigenvalue weighted by Gasteiger charge is 2.35. The third-order valence-electron chi connectivity index (χ3n) is 20.6. The number of thiocarbonyl (C=S) groups is 3. The number of fused-ring (bicyclic) bond motifs is 1. The van der Waals surface area contributed by atoms with Gasteiger partial charge in [-0.05, 0) is 137 Å². The van der Waals surface area contributed by atoms with Crippen LogP contribution in [-0.2, 0) is 41.2 Å². The first kappa shape index (κ1) is 111. The monoisotopic (exact) mass is 1740 g/mol. The summed E-state index contributed by atoms with van der Waals surface area (Å²) >= 11 is 15.9. The fourth-order valence-electron chi connectivity index (χ4n) is 12.2. The van der Waals surface area contributed by atoms with Crippen molar-refractivity contribution in [1.82, 2.24) is 14.8 Å². The van der Waals surface area contributed by atoms with Gasteiger partial charge >= 0.3 is 0 Å². The van der Waals surface area contributed by atoms with Crippen molar-refractivity contribution in [1.29, 1.82) is 0 Å². The Balaban J connectivity index is 0.000000462. The molecule has 674 valence electrons. The first-order chi connectivity index (χ1) is 58.7. The summed E-state index contributed by atoms with van der Waals surface area (Å²) in [6.45, 7) is 54.0. The van der Waals surface area contributed by atoms with Crippen molar-refractivity contribution < 1.29 is 27.6 Å². The van der Waals surface area contributed by atoms with Crippen molar-refractivity contribution in [3.63, 3.8) is 0 Å². The van der Waals surface area contributed by atoms with Gasteiger partial charge in [-0.15, -0.1) is 0 Å². The number of halogens is 2. The Hall–Kier alpha value is -8.81. The van der Waals surface area contributed by atoms with Gasteiger partial charge < -0.3 is 14.2 Å². The van der Waals surface area contributed by atoms with Gasteiger partial charge in [-0.1, -0.05) is 458 Å². The van der Waals surface area contributed by atoms with E-state index in [1.807, 2.05) is 162 Å². The molecule has 1 aromatic heterocycles. The van der Waals surface area contributed by atoms with Gasteiger partial charge in [-0.3, -0.25) is 14.4 Å². The highest BCUT2D eigenvalue weighted by molar-refractivity contribution is 7.81. The summed E-state index contributed by atoms with van der Waals surface area (Å²) in [4.78, 5) is 46.3. The maximum atomic E-state index is 13.3. The van der Waals surface area contributed by atoms with Crippen LogP contribution in [-0.4, -0.2) is 73.2 Å². The van der Waals surface area contributed by atoms with Gasteiger partial charge in [0.1, 0.15) is 11.3 Å². The summed E-state index contributed by atoms with van der Waals surface area (Å²) in [6.07, 6.45) is 10.2. The second kappa shape index (κ2) is 63.2. The van der Waals surface area contributed by atoms with E-state index in [4.69, 9.17) is 41.1 Å². The van der Waals surface area contributed by atoms with Gasteiger partial charge in [0.05, 0.1) is 4.99 Å². The summed E-state index contributed by atoms with van der Waals surface area (Å²) in [6, 6.07) is 87.3. The van der Waals surface area contributed by atoms with E-state index < -0.39 is 11.8 Å². The summed E-state index contributed by atoms with van der Waals surface area (Å²) in [5.74, 6) is 4.52. The van der Waals surface area contributed by atoms with Crippen LogP contribution in [0.4, 0.5) is 8.78 Å². The number of hydrogen-bond acceptors (Lipinski definition) is 8. The third-order valence-corrected chi connectivity index (χ3v) is 22.6. The molecule has 1 amide bonds. The number of nitrogens with zero attached hydrogens (tertiary/aromatic N) is 3. The number of benzene rings is 9. The van der Waals surface area contributed by atoms with Crippen LogP contribution in [0.1, 0.15) is 265 Å². The van der Waals surface area contributed by atoms with E-state index >= 15 is 0 Å². The summed E-state index contributed by atoms with van der Waals surface area (Å²) in [5.41, 5.74) is 10.6. The zero-order valence-corrected chi connectivity index (χ0v) is 82.5. The van der Waals surface area contributed by atoms with Crippen molar-refractivity contribution in [2.75, 3.05) is 26.2 Å². The van der Waals surface area contributed by atoms with Gasteiger partial charge in [0.2, 0.25) is 5.91 Å². The van der Waals surface area contributed by atoms with Crippen LogP contribution in [0.15, 0.2) is 271 Å². The molecule has 7 nitrogen and oxygen atoms in total. The number of carbonyl (C=O) groups excluding carboxylic acids is 3. The maximum Gasteiger partial charge on any atom is 0.275 e. The Bertz CT molecular complexity index is 4240. The topological polar surface area (TPSA) is 83.7 Å². The number of piperidine rings is 2. The molecule has 2 saturated heterocycles. The smallest absolute Gasteiger partial charge is 0.275 e. The van der Waals surface area contributed by atoms with Crippen molar-refractivity contribution in [2.45, 2.75) is 242 Å². The van der Waals surface area contributed by atoms with Crippen LogP contribution in [0.25, 0.3) is 11.1 Å². The normalized spacial score (nSPS) is 12.4. The SMILES string of the molecule is CC(C)C(=O)Cc1ccccc1.CC(C)C(=O)c1ccccc1.CC(C)C(=S)Cc1ccccc1.CC(C)C(=S)c1ccccc1.CC(C)C(F)(F)c1ccccc1.CC(C)CCc1ccccc1.CC(C)Cc1ccccc1.CC(C)c1ccccc1.CC(C)c1nc2ccccc2o1.CC1CCN(C(=O)C(C)C)CC1.CC1CCN(C(=S)C(C)C)CC1. The fraction of sp³-hybridized carbons (Fsp3) is 0.455. The first-order valence-electron chi connectivity index (χ1n) is 45.6. The second-order valence-corrected chi connectivity index (χ2v) is 37.4. The van der Waals surface area contributed by atoms with E-state index in [1.165, 1.54) is 112 Å². The Kier molecular flexibility index (Phi) is 56.7. The number of alkyl halides is 2. The average Bonchev–Trinajstić information content (AvgIpc) is 1.02. The number of aryl methyl sites for hydroxylation is 1. The van der Waals surface area contributed by atoms with Gasteiger partial charge in [0, 0.05) is 90.5 Å². The molecule has 10 aromatic rings. The van der Waals surface area contributed by atoms with Crippen LogP contribution in [0, 0.1) is 65.1 Å². The molecule has 0 spiro atoms. The fourth-order valence-corrected chi connectivity index (χ4v) is 12.7. The van der Waals surface area contributed by atoms with Gasteiger partial charge in [0.25, 0.3) is 5.92 Å². The molecule has 0 aliphatic carbocycles. The van der Waals surface area contributed by atoms with Crippen molar-refractivity contribution in [3.8, 4) is 0 Å². The molecule has 12 rings (SSSR count). The molecule has 2 fully saturated rings. The van der Waals surface area contributed by atoms with Gasteiger partial charge in [0.15, 0.2) is 17.3 Å². The van der Waals surface area contributed by atoms with Gasteiger partial charge in [-0.2, -0.15) is 0 Å². The number of Topliss-reactive ketones (excluding diaryl/α,β-unsaturated/α-hetero) is 2. The number of likely N-dealkylation sites (tertiary alicyclic amines) is 2. The first-order valence-corrected chi connectivity index (χ1v) is 46.8. The Morgan fingerprint density at radius 1 is 0.403 bits per heavy atom. The number of hydrogen-bond donors (Lipinski definition) is 0. The van der Waals surface area contributed by atoms with E-state index in [-0.39, 0.29) is 29.1 Å². The van der Waals surface area contributed by atoms with Crippen LogP contribution in [0.3, 0.4) is 0 Å². The lowest BCUT2D eigenvalue weighted by molar-refractivity contribution is -0.135. The van der Waals surface area contributed by atoms with E-state index in [1.54, 1.807) is 18.2 Å². The van der Waals surface area contributed by atoms with Crippen LogP contribution in [0.5, 0.6) is 0 Å². The number of rotatable bonds is 21. The minimum Gasteiger partial charge on any atom is -0.440 e. The van der Waals surface area contributed by atoms with E-state index in [0.717, 1.165) is 86.0 Å². The molecule has 12 heteroatoms. The van der Waals surface area contributed by atoms with Crippen molar-refractivity contribution >= 4 is 79.9 Å². The highest BCUT2D eigenvalue weighted by Crippen LogP contribution is 2.35. The molecule has 0 bridgehead atoms. The highest BCUT2D eigenvalue weighted by atomic mass is 32.1. The van der Waals surface area contributed by atoms with Crippen molar-refractivity contribution in [3.05, 3.63) is 317 Å². The second-order valence-electron chi connectivity index (χ2n) is 36.0. The zero-order valence-electron chi connectivity index (χ0n) is 80.1. The molecule has 124 heavy (non-hydrogen) atoms. The lowest BCUT2D eigenvalue weighted by Crippen LogP contribution is -2.40. The predicted molar refractivity (Wildman–Crippen MR) is 542 cm³/mol. The number of oxazole rings is 1. The van der Waals surface area contributed by atoms with Crippen LogP contribution < -0.4 is 0 Å². The maximum absolute atomic E-state index is 13.3. The number of carbonyl (C=O) groups is 3. The Morgan fingerprint density at radius 2 is 0.790 bits per heavy atom. The number of para-hydroxylation sites is 2. The standard InChI is InChI=1S/C11H14O.C11H14S.C11H16.C10H12F2.C10H11NO.C10H19NO.C10H19NS.C10H12O.C10H12S.C10H14.C9H12/c2*1-9(2)11(12)8-10-6-4-3-5-7-10;1-10(2)8-9-11-6-4-3-5-7-11;1-8(2)10(11,12)9-6-4-3-5-7-9;1-7(2)10-11-8-5-3-4-6-9(8)12-10;2*1-8(2)10(12)11-6-4-9(3)5-7-11;2*1-8(2)10(11)9-6-4-3-5-7-9;1-9(2)8-10-6-4-3-5-7-10;1-8(2)9-6-4-3-5-7-9/h2*3-7,9H,8H2,1-2H3;3-7,10H,8-9H2,1-2H3;3-8H,1-2H3;3-7H,1-2H3;2*8-9H,4-7H2,1-3H3;2*3-8H,1-2H3;3-7,9H,8H2,1-2H3;3-8H,1-2H3. The quantitative estimate of drug-likeness (QED) is 0.0516. The molecule has 2 aliphatic rings. The third kappa shape index (κ3) is 48.6. The summed E-state index contributed by atoms with van der Waals surface area (Å²) < 4.78 is 32.1. The molecule has 0 atom stereocenters. The molecular weight excluding hydrogens is 1590 g/mol. The Labute approximate surface area is 767 Å². The number of amides is 1. The molecule has 0 unspecified atom stereocenters. The minimum absolute atomic E-state index is 0.0948. The predicted octanol–water partition coefficient (Wildman–Crippen LogP) is 31.3. The molecule has 2 aliphatic heterocycles. The van der Waals surface area contributed by atoms with Gasteiger partial charge in [-0.25, -0.2) is 13.8 Å². The molecule has 0 N–H and O–H groups in total. The van der Waals surface area contributed by atoms with E-state index in [0.29, 0.717) is 47.7 Å². The lowest BCUT2D eigenvalue weighted by Gasteiger charge is -2.33. The minimum atomic E-state index is -2.71. The van der Waals surface area contributed by atoms with E-state index in [2.05, 4.69) is 242 Å². The average molecular weight is 1740 g/mol. The summed E-state index contributed by atoms with van der Waals surface area (Å²) in [7, 11) is 0.